The molecule has 15 heavy (non-hydrogen) atoms. The van der Waals surface area contributed by atoms with Crippen molar-refractivity contribution < 1.29 is 14.2 Å². The Labute approximate surface area is 89.4 Å². The van der Waals surface area contributed by atoms with E-state index in [9.17, 15) is 14.2 Å². The Bertz CT molecular complexity index is 323. The third-order valence-electron chi connectivity index (χ3n) is 2.42. The highest BCUT2D eigenvalue weighted by Crippen LogP contribution is 2.35. The third-order valence-corrected chi connectivity index (χ3v) is 3.69. The third kappa shape index (κ3) is 3.43. The molecule has 1 rings (SSSR count). The smallest absolute Gasteiger partial charge is 0.246 e. The summed E-state index contributed by atoms with van der Waals surface area (Å²) in [6.45, 7) is 3.52. The first-order chi connectivity index (χ1) is 6.81. The predicted octanol–water partition coefficient (Wildman–Crippen LogP) is 0.0854. The maximum atomic E-state index is 11.5. The van der Waals surface area contributed by atoms with Crippen molar-refractivity contribution in [2.45, 2.75) is 18.9 Å². The molecule has 6 heteroatoms. The Kier molecular flexibility index (Phi) is 3.68. The van der Waals surface area contributed by atoms with E-state index in [0.29, 0.717) is 19.0 Å². The Morgan fingerprint density at radius 2 is 2.07 bits per heavy atom. The van der Waals surface area contributed by atoms with E-state index < -0.39 is 13.2 Å². The zero-order valence-corrected chi connectivity index (χ0v) is 10.00. The minimum Gasteiger partial charge on any atom is -0.324 e. The van der Waals surface area contributed by atoms with E-state index in [1.54, 1.807) is 13.3 Å². The Morgan fingerprint density at radius 1 is 1.47 bits per heavy atom. The van der Waals surface area contributed by atoms with Gasteiger partial charge >= 0.3 is 0 Å². The molecule has 0 bridgehead atoms. The fraction of sp³-hybridized carbons (Fsp3) is 0.778. The topological polar surface area (TPSA) is 80.5 Å². The molecule has 1 unspecified atom stereocenters. The van der Waals surface area contributed by atoms with Crippen LogP contribution >= 0.6 is 7.14 Å². The zero-order valence-electron chi connectivity index (χ0n) is 9.10. The number of amides is 2. The molecule has 1 heterocycles. The molecule has 2 amide bonds. The van der Waals surface area contributed by atoms with Crippen LogP contribution in [0.3, 0.4) is 0 Å². The maximum Gasteiger partial charge on any atom is 0.246 e. The predicted molar refractivity (Wildman–Crippen MR) is 58.3 cm³/mol. The van der Waals surface area contributed by atoms with Crippen LogP contribution in [0, 0.1) is 0 Å². The molecule has 0 saturated carbocycles. The van der Waals surface area contributed by atoms with Crippen LogP contribution in [0.1, 0.15) is 12.8 Å². The van der Waals surface area contributed by atoms with Crippen molar-refractivity contribution in [3.8, 4) is 0 Å². The van der Waals surface area contributed by atoms with Crippen LogP contribution < -0.4 is 5.73 Å². The van der Waals surface area contributed by atoms with E-state index in [4.69, 9.17) is 5.73 Å². The quantitative estimate of drug-likeness (QED) is 0.552. The van der Waals surface area contributed by atoms with E-state index in [1.807, 2.05) is 0 Å². The van der Waals surface area contributed by atoms with Crippen LogP contribution in [0.15, 0.2) is 0 Å². The van der Waals surface area contributed by atoms with Gasteiger partial charge in [0.15, 0.2) is 0 Å². The molecule has 0 aliphatic carbocycles. The molecule has 1 aliphatic heterocycles. The molecule has 0 aromatic heterocycles. The lowest BCUT2D eigenvalue weighted by Crippen LogP contribution is -2.51. The average molecular weight is 232 g/mol. The second-order valence-corrected chi connectivity index (χ2v) is 7.92. The van der Waals surface area contributed by atoms with Gasteiger partial charge in [-0.05, 0) is 19.8 Å². The van der Waals surface area contributed by atoms with Gasteiger partial charge in [-0.3, -0.25) is 14.5 Å². The second-order valence-electron chi connectivity index (χ2n) is 4.33. The average Bonchev–Trinajstić information content (AvgIpc) is 2.10. The summed E-state index contributed by atoms with van der Waals surface area (Å²) in [5.74, 6) is -0.533. The van der Waals surface area contributed by atoms with Crippen LogP contribution in [-0.4, -0.2) is 48.8 Å². The summed E-state index contributed by atoms with van der Waals surface area (Å²) in [4.78, 5) is 24.1. The SMILES string of the molecule is CP(C)(=O)CCN1C(=O)CCC(N)C1=O. The van der Waals surface area contributed by atoms with E-state index >= 15 is 0 Å². The molecule has 1 fully saturated rings. The van der Waals surface area contributed by atoms with Gasteiger partial charge in [-0.25, -0.2) is 0 Å². The van der Waals surface area contributed by atoms with Gasteiger partial charge < -0.3 is 10.3 Å². The highest BCUT2D eigenvalue weighted by molar-refractivity contribution is 7.62. The van der Waals surface area contributed by atoms with E-state index in [0.717, 1.165) is 4.90 Å². The lowest BCUT2D eigenvalue weighted by Gasteiger charge is -2.29. The van der Waals surface area contributed by atoms with Crippen LogP contribution in [0.2, 0.25) is 0 Å². The van der Waals surface area contributed by atoms with Gasteiger partial charge in [0.25, 0.3) is 0 Å². The monoisotopic (exact) mass is 232 g/mol. The molecule has 2 N–H and O–H groups in total. The second kappa shape index (κ2) is 4.45. The van der Waals surface area contributed by atoms with Crippen molar-refractivity contribution >= 4 is 19.0 Å². The van der Waals surface area contributed by atoms with Crippen LogP contribution in [0.25, 0.3) is 0 Å². The number of nitrogens with two attached hydrogens (primary N) is 1. The first kappa shape index (κ1) is 12.4. The van der Waals surface area contributed by atoms with Crippen molar-refractivity contribution in [3.05, 3.63) is 0 Å². The van der Waals surface area contributed by atoms with Gasteiger partial charge in [-0.2, -0.15) is 0 Å². The summed E-state index contributed by atoms with van der Waals surface area (Å²) in [6.07, 6.45) is 1.10. The summed E-state index contributed by atoms with van der Waals surface area (Å²) < 4.78 is 11.5. The number of carbonyl (C=O) groups is 2. The zero-order chi connectivity index (χ0) is 11.6. The Hall–Kier alpha value is -0.670. The summed E-state index contributed by atoms with van der Waals surface area (Å²) >= 11 is 0. The van der Waals surface area contributed by atoms with Crippen molar-refractivity contribution in [2.75, 3.05) is 26.0 Å². The lowest BCUT2D eigenvalue weighted by molar-refractivity contribution is -0.148. The Balaban J connectivity index is 2.62. The van der Waals surface area contributed by atoms with Crippen molar-refractivity contribution in [2.24, 2.45) is 5.73 Å². The minimum absolute atomic E-state index is 0.199. The van der Waals surface area contributed by atoms with Gasteiger partial charge in [0.05, 0.1) is 13.2 Å². The molecule has 0 aromatic rings. The van der Waals surface area contributed by atoms with Crippen LogP contribution in [-0.2, 0) is 14.2 Å². The van der Waals surface area contributed by atoms with E-state index in [1.165, 1.54) is 0 Å². The minimum atomic E-state index is -2.19. The first-order valence-corrected chi connectivity index (χ1v) is 7.74. The molecule has 1 saturated heterocycles. The molecular weight excluding hydrogens is 215 g/mol. The van der Waals surface area contributed by atoms with Crippen molar-refractivity contribution in [1.29, 1.82) is 0 Å². The highest BCUT2D eigenvalue weighted by Gasteiger charge is 2.32. The summed E-state index contributed by atoms with van der Waals surface area (Å²) in [6, 6.07) is -0.573. The fourth-order valence-corrected chi connectivity index (χ4v) is 2.12. The fourth-order valence-electron chi connectivity index (χ4n) is 1.44. The van der Waals surface area contributed by atoms with Crippen LogP contribution in [0.4, 0.5) is 0 Å². The molecule has 0 radical (unpaired) electrons. The van der Waals surface area contributed by atoms with Crippen molar-refractivity contribution in [1.82, 2.24) is 4.90 Å². The first-order valence-electron chi connectivity index (χ1n) is 4.95. The number of imide groups is 1. The molecule has 1 aliphatic rings. The standard InChI is InChI=1S/C9H17N2O3P/c1-15(2,14)6-5-11-8(12)4-3-7(10)9(11)13/h7H,3-6,10H2,1-2H3. The van der Waals surface area contributed by atoms with E-state index in [2.05, 4.69) is 0 Å². The number of hydrogen-bond donors (Lipinski definition) is 1. The molecule has 86 valence electrons. The summed E-state index contributed by atoms with van der Waals surface area (Å²) in [5.41, 5.74) is 5.56. The van der Waals surface area contributed by atoms with E-state index in [-0.39, 0.29) is 18.4 Å². The van der Waals surface area contributed by atoms with Gasteiger partial charge in [0.2, 0.25) is 11.8 Å². The summed E-state index contributed by atoms with van der Waals surface area (Å²) in [7, 11) is -2.19. The number of rotatable bonds is 3. The van der Waals surface area contributed by atoms with Gasteiger partial charge in [-0.1, -0.05) is 0 Å². The lowest BCUT2D eigenvalue weighted by atomic mass is 10.1. The highest BCUT2D eigenvalue weighted by atomic mass is 31.2. The summed E-state index contributed by atoms with van der Waals surface area (Å²) in [5, 5.41) is 0. The molecule has 0 spiro atoms. The number of piperidine rings is 1. The normalized spacial score (nSPS) is 23.4. The molecule has 0 aromatic carbocycles. The van der Waals surface area contributed by atoms with Crippen molar-refractivity contribution in [3.63, 3.8) is 0 Å². The number of likely N-dealkylation sites (tertiary alicyclic amines) is 1. The molecule has 1 atom stereocenters. The number of hydrogen-bond acceptors (Lipinski definition) is 4. The van der Waals surface area contributed by atoms with Gasteiger partial charge in [0, 0.05) is 19.1 Å². The Morgan fingerprint density at radius 3 is 2.60 bits per heavy atom. The molecular formula is C9H17N2O3P. The van der Waals surface area contributed by atoms with Gasteiger partial charge in [0.1, 0.15) is 0 Å². The number of nitrogens with zero attached hydrogens (tertiary/aromatic N) is 1. The van der Waals surface area contributed by atoms with Crippen LogP contribution in [0.5, 0.6) is 0 Å². The number of carbonyl (C=O) groups excluding carboxylic acids is 2. The maximum absolute atomic E-state index is 11.5. The molecule has 5 nitrogen and oxygen atoms in total. The largest absolute Gasteiger partial charge is 0.324 e. The van der Waals surface area contributed by atoms with Gasteiger partial charge in [-0.15, -0.1) is 0 Å².